The van der Waals surface area contributed by atoms with E-state index in [1.807, 2.05) is 12.1 Å². The van der Waals surface area contributed by atoms with Gasteiger partial charge >= 0.3 is 5.97 Å². The number of anilines is 1. The molecule has 0 aliphatic heterocycles. The third-order valence-corrected chi connectivity index (χ3v) is 6.65. The van der Waals surface area contributed by atoms with Crippen molar-refractivity contribution >= 4 is 27.6 Å². The van der Waals surface area contributed by atoms with E-state index < -0.39 is 28.5 Å². The number of para-hydroxylation sites is 1. The van der Waals surface area contributed by atoms with Crippen molar-refractivity contribution in [3.63, 3.8) is 0 Å². The van der Waals surface area contributed by atoms with Crippen LogP contribution < -0.4 is 14.4 Å². The van der Waals surface area contributed by atoms with Gasteiger partial charge in [0, 0.05) is 13.6 Å². The van der Waals surface area contributed by atoms with Gasteiger partial charge in [-0.05, 0) is 54.1 Å². The molecule has 0 fully saturated rings. The number of ether oxygens (including phenoxy) is 2. The number of methoxy groups -OCH3 is 1. The van der Waals surface area contributed by atoms with Gasteiger partial charge in [-0.1, -0.05) is 30.3 Å². The molecule has 0 spiro atoms. The molecule has 0 bridgehead atoms. The van der Waals surface area contributed by atoms with Crippen molar-refractivity contribution in [2.24, 2.45) is 0 Å². The topological polar surface area (TPSA) is 102 Å². The lowest BCUT2D eigenvalue weighted by Crippen LogP contribution is -2.28. The normalized spacial score (nSPS) is 10.8. The summed E-state index contributed by atoms with van der Waals surface area (Å²) in [6.45, 7) is -0.173. The maximum absolute atomic E-state index is 12.8. The van der Waals surface area contributed by atoms with Gasteiger partial charge in [-0.25, -0.2) is 13.2 Å². The minimum absolute atomic E-state index is 0.0302. The van der Waals surface area contributed by atoms with Gasteiger partial charge in [0.2, 0.25) is 0 Å². The van der Waals surface area contributed by atoms with E-state index in [1.165, 1.54) is 31.3 Å². The number of hydrogen-bond donors (Lipinski definition) is 1. The van der Waals surface area contributed by atoms with E-state index in [4.69, 9.17) is 9.47 Å². The highest BCUT2D eigenvalue weighted by atomic mass is 32.2. The van der Waals surface area contributed by atoms with Crippen molar-refractivity contribution in [1.82, 2.24) is 5.32 Å². The molecule has 0 heterocycles. The van der Waals surface area contributed by atoms with Gasteiger partial charge in [0.25, 0.3) is 15.9 Å². The monoisotopic (exact) mass is 468 g/mol. The van der Waals surface area contributed by atoms with E-state index in [2.05, 4.69) is 5.32 Å². The molecule has 0 unspecified atom stereocenters. The van der Waals surface area contributed by atoms with Crippen LogP contribution in [0.25, 0.3) is 0 Å². The largest absolute Gasteiger partial charge is 0.497 e. The maximum atomic E-state index is 12.8. The smallest absolute Gasteiger partial charge is 0.338 e. The molecule has 9 heteroatoms. The average Bonchev–Trinajstić information content (AvgIpc) is 2.86. The summed E-state index contributed by atoms with van der Waals surface area (Å²) < 4.78 is 36.9. The Balaban J connectivity index is 1.53. The molecular weight excluding hydrogens is 444 g/mol. The first-order valence-electron chi connectivity index (χ1n) is 10.0. The number of rotatable bonds is 9. The molecule has 0 saturated carbocycles. The summed E-state index contributed by atoms with van der Waals surface area (Å²) in [5.41, 5.74) is 1.52. The molecule has 0 saturated heterocycles. The average molecular weight is 469 g/mol. The quantitative estimate of drug-likeness (QED) is 0.485. The number of nitrogens with one attached hydrogen (secondary N) is 1. The number of carbonyl (C=O) groups excluding carboxylic acids is 2. The first-order valence-corrected chi connectivity index (χ1v) is 11.5. The summed E-state index contributed by atoms with van der Waals surface area (Å²) >= 11 is 0. The SMILES string of the molecule is COc1ccc(CNC(=O)COC(=O)c2ccc(S(=O)(=O)N(C)c3ccccc3)cc2)cc1. The van der Waals surface area contributed by atoms with Crippen LogP contribution in [0.5, 0.6) is 5.75 Å². The van der Waals surface area contributed by atoms with Crippen LogP contribution in [0.4, 0.5) is 5.69 Å². The zero-order valence-corrected chi connectivity index (χ0v) is 19.0. The van der Waals surface area contributed by atoms with E-state index in [0.29, 0.717) is 11.4 Å². The highest BCUT2D eigenvalue weighted by molar-refractivity contribution is 7.92. The fourth-order valence-corrected chi connectivity index (χ4v) is 4.10. The van der Waals surface area contributed by atoms with Crippen LogP contribution in [0.15, 0.2) is 83.8 Å². The second-order valence-corrected chi connectivity index (χ2v) is 9.00. The maximum Gasteiger partial charge on any atom is 0.338 e. The summed E-state index contributed by atoms with van der Waals surface area (Å²) in [6.07, 6.45) is 0. The number of esters is 1. The van der Waals surface area contributed by atoms with Crippen LogP contribution in [-0.2, 0) is 26.1 Å². The van der Waals surface area contributed by atoms with Gasteiger partial charge in [0.15, 0.2) is 6.61 Å². The van der Waals surface area contributed by atoms with Gasteiger partial charge in [-0.2, -0.15) is 0 Å². The van der Waals surface area contributed by atoms with Crippen LogP contribution in [0.1, 0.15) is 15.9 Å². The Bertz CT molecular complexity index is 1190. The Morgan fingerprint density at radius 3 is 2.15 bits per heavy atom. The summed E-state index contributed by atoms with van der Waals surface area (Å²) in [5, 5.41) is 2.66. The molecule has 3 aromatic rings. The van der Waals surface area contributed by atoms with E-state index in [9.17, 15) is 18.0 Å². The molecule has 1 N–H and O–H groups in total. The number of hydrogen-bond acceptors (Lipinski definition) is 6. The zero-order valence-electron chi connectivity index (χ0n) is 18.2. The molecule has 3 rings (SSSR count). The van der Waals surface area contributed by atoms with Gasteiger partial charge in [-0.15, -0.1) is 0 Å². The molecule has 0 aromatic heterocycles. The standard InChI is InChI=1S/C24H24N2O6S/c1-26(20-6-4-3-5-7-20)33(29,30)22-14-10-19(11-15-22)24(28)32-17-23(27)25-16-18-8-12-21(31-2)13-9-18/h3-15H,16-17H2,1-2H3,(H,25,27). The number of carbonyl (C=O) groups is 2. The molecule has 33 heavy (non-hydrogen) atoms. The fourth-order valence-electron chi connectivity index (χ4n) is 2.91. The second kappa shape index (κ2) is 10.6. The minimum Gasteiger partial charge on any atom is -0.497 e. The lowest BCUT2D eigenvalue weighted by molar-refractivity contribution is -0.124. The van der Waals surface area contributed by atoms with Crippen LogP contribution in [-0.4, -0.2) is 41.1 Å². The van der Waals surface area contributed by atoms with Gasteiger partial charge in [0.1, 0.15) is 5.75 Å². The van der Waals surface area contributed by atoms with Gasteiger partial charge < -0.3 is 14.8 Å². The van der Waals surface area contributed by atoms with E-state index in [0.717, 1.165) is 9.87 Å². The molecule has 172 valence electrons. The second-order valence-electron chi connectivity index (χ2n) is 7.03. The molecule has 3 aromatic carbocycles. The number of nitrogens with zero attached hydrogens (tertiary/aromatic N) is 1. The predicted octanol–water partition coefficient (Wildman–Crippen LogP) is 2.99. The third-order valence-electron chi connectivity index (χ3n) is 4.85. The van der Waals surface area contributed by atoms with E-state index in [-0.39, 0.29) is 17.0 Å². The first-order chi connectivity index (χ1) is 15.8. The van der Waals surface area contributed by atoms with Crippen molar-refractivity contribution in [1.29, 1.82) is 0 Å². The highest BCUT2D eigenvalue weighted by Crippen LogP contribution is 2.22. The Morgan fingerprint density at radius 2 is 1.55 bits per heavy atom. The number of sulfonamides is 1. The minimum atomic E-state index is -3.79. The molecule has 0 aliphatic rings. The molecule has 8 nitrogen and oxygen atoms in total. The highest BCUT2D eigenvalue weighted by Gasteiger charge is 2.21. The van der Waals surface area contributed by atoms with E-state index in [1.54, 1.807) is 49.6 Å². The summed E-state index contributed by atoms with van der Waals surface area (Å²) in [4.78, 5) is 24.2. The Hall–Kier alpha value is -3.85. The summed E-state index contributed by atoms with van der Waals surface area (Å²) in [5.74, 6) is -0.470. The number of amides is 1. The zero-order chi connectivity index (χ0) is 23.8. The van der Waals surface area contributed by atoms with Crippen molar-refractivity contribution in [3.05, 3.63) is 90.0 Å². The lowest BCUT2D eigenvalue weighted by Gasteiger charge is -2.19. The van der Waals surface area contributed by atoms with Crippen molar-refractivity contribution in [2.45, 2.75) is 11.4 Å². The third kappa shape index (κ3) is 6.11. The lowest BCUT2D eigenvalue weighted by atomic mass is 10.2. The fraction of sp³-hybridized carbons (Fsp3) is 0.167. The molecule has 1 amide bonds. The van der Waals surface area contributed by atoms with Crippen LogP contribution in [0, 0.1) is 0 Å². The van der Waals surface area contributed by atoms with Gasteiger partial charge in [-0.3, -0.25) is 9.10 Å². The van der Waals surface area contributed by atoms with Crippen molar-refractivity contribution < 1.29 is 27.5 Å². The molecular formula is C24H24N2O6S. The van der Waals surface area contributed by atoms with Crippen molar-refractivity contribution in [3.8, 4) is 5.75 Å². The number of benzene rings is 3. The van der Waals surface area contributed by atoms with Crippen LogP contribution in [0.3, 0.4) is 0 Å². The predicted molar refractivity (Wildman–Crippen MR) is 124 cm³/mol. The van der Waals surface area contributed by atoms with Crippen molar-refractivity contribution in [2.75, 3.05) is 25.1 Å². The Morgan fingerprint density at radius 1 is 0.909 bits per heavy atom. The van der Waals surface area contributed by atoms with Crippen LogP contribution >= 0.6 is 0 Å². The van der Waals surface area contributed by atoms with E-state index >= 15 is 0 Å². The Labute approximate surface area is 192 Å². The summed E-state index contributed by atoms with van der Waals surface area (Å²) in [6, 6.07) is 21.2. The molecule has 0 aliphatic carbocycles. The van der Waals surface area contributed by atoms with Gasteiger partial charge in [0.05, 0.1) is 23.3 Å². The molecule has 0 atom stereocenters. The molecule has 0 radical (unpaired) electrons. The van der Waals surface area contributed by atoms with Crippen LogP contribution in [0.2, 0.25) is 0 Å². The first kappa shape index (κ1) is 23.8. The summed E-state index contributed by atoms with van der Waals surface area (Å²) in [7, 11) is -0.763. The Kier molecular flexibility index (Phi) is 7.68.